The van der Waals surface area contributed by atoms with Gasteiger partial charge in [0, 0.05) is 13.2 Å². The molecule has 0 aromatic carbocycles. The summed E-state index contributed by atoms with van der Waals surface area (Å²) in [5, 5.41) is 0. The van der Waals surface area contributed by atoms with Crippen molar-refractivity contribution in [2.24, 2.45) is 0 Å². The average molecular weight is 245 g/mol. The molecule has 0 aromatic rings. The standard InChI is InChI=1S/C13H27NO3/c1-4-6-15-8-9-17-13-10-12(11-13)16-7-5-14(2)3/h12-13H,4-11H2,1-3H3. The van der Waals surface area contributed by atoms with Crippen molar-refractivity contribution < 1.29 is 14.2 Å². The molecule has 1 rings (SSSR count). The van der Waals surface area contributed by atoms with E-state index in [2.05, 4.69) is 25.9 Å². The van der Waals surface area contributed by atoms with Gasteiger partial charge in [-0.25, -0.2) is 0 Å². The van der Waals surface area contributed by atoms with E-state index in [0.29, 0.717) is 12.2 Å². The first-order chi connectivity index (χ1) is 8.22. The lowest BCUT2D eigenvalue weighted by Crippen LogP contribution is -2.39. The first-order valence-electron chi connectivity index (χ1n) is 6.68. The molecule has 102 valence electrons. The minimum absolute atomic E-state index is 0.393. The molecular weight excluding hydrogens is 218 g/mol. The molecule has 0 aromatic heterocycles. The highest BCUT2D eigenvalue weighted by Crippen LogP contribution is 2.26. The molecule has 0 atom stereocenters. The quantitative estimate of drug-likeness (QED) is 0.546. The Morgan fingerprint density at radius 2 is 1.59 bits per heavy atom. The predicted octanol–water partition coefficient (Wildman–Crippen LogP) is 1.54. The lowest BCUT2D eigenvalue weighted by Gasteiger charge is -2.35. The number of hydrogen-bond donors (Lipinski definition) is 0. The van der Waals surface area contributed by atoms with E-state index in [9.17, 15) is 0 Å². The van der Waals surface area contributed by atoms with E-state index in [4.69, 9.17) is 14.2 Å². The Balaban J connectivity index is 1.83. The molecule has 0 amide bonds. The van der Waals surface area contributed by atoms with E-state index in [-0.39, 0.29) is 0 Å². The third-order valence-corrected chi connectivity index (χ3v) is 2.87. The van der Waals surface area contributed by atoms with Crippen molar-refractivity contribution in [3.05, 3.63) is 0 Å². The maximum atomic E-state index is 5.71. The molecule has 4 nitrogen and oxygen atoms in total. The summed E-state index contributed by atoms with van der Waals surface area (Å²) in [6.45, 7) is 6.20. The zero-order valence-electron chi connectivity index (χ0n) is 11.5. The van der Waals surface area contributed by atoms with Gasteiger partial charge in [0.1, 0.15) is 0 Å². The minimum atomic E-state index is 0.393. The molecule has 4 heteroatoms. The SMILES string of the molecule is CCCOCCOC1CC(OCCN(C)C)C1. The highest BCUT2D eigenvalue weighted by molar-refractivity contribution is 4.81. The number of nitrogens with zero attached hydrogens (tertiary/aromatic N) is 1. The molecule has 1 fully saturated rings. The molecule has 0 bridgehead atoms. The third kappa shape index (κ3) is 6.99. The fourth-order valence-electron chi connectivity index (χ4n) is 1.71. The van der Waals surface area contributed by atoms with Crippen LogP contribution in [0.15, 0.2) is 0 Å². The zero-order chi connectivity index (χ0) is 12.5. The van der Waals surface area contributed by atoms with Crippen LogP contribution in [-0.4, -0.2) is 64.2 Å². The van der Waals surface area contributed by atoms with Gasteiger partial charge in [-0.15, -0.1) is 0 Å². The normalized spacial score (nSPS) is 24.0. The van der Waals surface area contributed by atoms with Gasteiger partial charge in [0.15, 0.2) is 0 Å². The van der Waals surface area contributed by atoms with Gasteiger partial charge in [0.2, 0.25) is 0 Å². The molecule has 17 heavy (non-hydrogen) atoms. The molecule has 0 spiro atoms. The third-order valence-electron chi connectivity index (χ3n) is 2.87. The molecule has 1 aliphatic rings. The Morgan fingerprint density at radius 3 is 2.18 bits per heavy atom. The highest BCUT2D eigenvalue weighted by Gasteiger charge is 2.30. The molecular formula is C13H27NO3. The van der Waals surface area contributed by atoms with Crippen LogP contribution in [0.4, 0.5) is 0 Å². The topological polar surface area (TPSA) is 30.9 Å². The fraction of sp³-hybridized carbons (Fsp3) is 1.00. The molecule has 0 heterocycles. The number of rotatable bonds is 10. The second kappa shape index (κ2) is 8.86. The van der Waals surface area contributed by atoms with E-state index < -0.39 is 0 Å². The second-order valence-corrected chi connectivity index (χ2v) is 4.87. The molecule has 1 saturated carbocycles. The number of ether oxygens (including phenoxy) is 3. The van der Waals surface area contributed by atoms with Crippen LogP contribution in [0.2, 0.25) is 0 Å². The Hall–Kier alpha value is -0.160. The van der Waals surface area contributed by atoms with Crippen LogP contribution in [0.5, 0.6) is 0 Å². The van der Waals surface area contributed by atoms with Crippen molar-refractivity contribution in [1.29, 1.82) is 0 Å². The minimum Gasteiger partial charge on any atom is -0.379 e. The van der Waals surface area contributed by atoms with Crippen LogP contribution in [0.3, 0.4) is 0 Å². The van der Waals surface area contributed by atoms with E-state index in [1.807, 2.05) is 0 Å². The van der Waals surface area contributed by atoms with Crippen LogP contribution in [0.1, 0.15) is 26.2 Å². The van der Waals surface area contributed by atoms with E-state index in [1.54, 1.807) is 0 Å². The molecule has 0 saturated heterocycles. The van der Waals surface area contributed by atoms with Gasteiger partial charge in [0.05, 0.1) is 32.0 Å². The lowest BCUT2D eigenvalue weighted by atomic mass is 9.92. The summed E-state index contributed by atoms with van der Waals surface area (Å²) in [6.07, 6.45) is 3.97. The van der Waals surface area contributed by atoms with E-state index >= 15 is 0 Å². The Labute approximate surface area is 105 Å². The fourth-order valence-corrected chi connectivity index (χ4v) is 1.71. The molecule has 0 unspecified atom stereocenters. The summed E-state index contributed by atoms with van der Waals surface area (Å²) in [6, 6.07) is 0. The van der Waals surface area contributed by atoms with Crippen LogP contribution in [0.25, 0.3) is 0 Å². The summed E-state index contributed by atoms with van der Waals surface area (Å²) in [4.78, 5) is 2.14. The van der Waals surface area contributed by atoms with E-state index in [0.717, 1.165) is 52.2 Å². The van der Waals surface area contributed by atoms with Crippen molar-refractivity contribution >= 4 is 0 Å². The average Bonchev–Trinajstić information content (AvgIpc) is 2.23. The first-order valence-corrected chi connectivity index (χ1v) is 6.68. The van der Waals surface area contributed by atoms with Crippen molar-refractivity contribution in [1.82, 2.24) is 4.90 Å². The predicted molar refractivity (Wildman–Crippen MR) is 68.4 cm³/mol. The van der Waals surface area contributed by atoms with Gasteiger partial charge < -0.3 is 19.1 Å². The lowest BCUT2D eigenvalue weighted by molar-refractivity contribution is -0.110. The van der Waals surface area contributed by atoms with Crippen molar-refractivity contribution in [3.8, 4) is 0 Å². The van der Waals surface area contributed by atoms with Crippen molar-refractivity contribution in [2.75, 3.05) is 47.1 Å². The summed E-state index contributed by atoms with van der Waals surface area (Å²) < 4.78 is 16.7. The van der Waals surface area contributed by atoms with Crippen LogP contribution in [-0.2, 0) is 14.2 Å². The molecule has 0 aliphatic heterocycles. The Morgan fingerprint density at radius 1 is 0.941 bits per heavy atom. The first kappa shape index (κ1) is 14.9. The van der Waals surface area contributed by atoms with Gasteiger partial charge in [-0.05, 0) is 33.4 Å². The van der Waals surface area contributed by atoms with Gasteiger partial charge in [-0.2, -0.15) is 0 Å². The molecule has 0 radical (unpaired) electrons. The zero-order valence-corrected chi connectivity index (χ0v) is 11.5. The largest absolute Gasteiger partial charge is 0.379 e. The van der Waals surface area contributed by atoms with Gasteiger partial charge in [-0.3, -0.25) is 0 Å². The second-order valence-electron chi connectivity index (χ2n) is 4.87. The highest BCUT2D eigenvalue weighted by atomic mass is 16.5. The molecule has 1 aliphatic carbocycles. The maximum absolute atomic E-state index is 5.71. The van der Waals surface area contributed by atoms with E-state index in [1.165, 1.54) is 0 Å². The van der Waals surface area contributed by atoms with Gasteiger partial charge in [-0.1, -0.05) is 6.92 Å². The van der Waals surface area contributed by atoms with Crippen LogP contribution in [0, 0.1) is 0 Å². The van der Waals surface area contributed by atoms with Gasteiger partial charge >= 0.3 is 0 Å². The monoisotopic (exact) mass is 245 g/mol. The number of hydrogen-bond acceptors (Lipinski definition) is 4. The summed E-state index contributed by atoms with van der Waals surface area (Å²) >= 11 is 0. The van der Waals surface area contributed by atoms with Crippen molar-refractivity contribution in [2.45, 2.75) is 38.4 Å². The van der Waals surface area contributed by atoms with Gasteiger partial charge in [0.25, 0.3) is 0 Å². The van der Waals surface area contributed by atoms with Crippen molar-refractivity contribution in [3.63, 3.8) is 0 Å². The summed E-state index contributed by atoms with van der Waals surface area (Å²) in [5.74, 6) is 0. The Bertz CT molecular complexity index is 182. The van der Waals surface area contributed by atoms with Crippen LogP contribution < -0.4 is 0 Å². The molecule has 0 N–H and O–H groups in total. The summed E-state index contributed by atoms with van der Waals surface area (Å²) in [7, 11) is 4.12. The summed E-state index contributed by atoms with van der Waals surface area (Å²) in [5.41, 5.74) is 0. The Kier molecular flexibility index (Phi) is 7.77. The van der Waals surface area contributed by atoms with Crippen LogP contribution >= 0.6 is 0 Å². The maximum Gasteiger partial charge on any atom is 0.0704 e. The smallest absolute Gasteiger partial charge is 0.0704 e. The number of likely N-dealkylation sites (N-methyl/N-ethyl adjacent to an activating group) is 1.